The van der Waals surface area contributed by atoms with Gasteiger partial charge in [0.25, 0.3) is 0 Å². The van der Waals surface area contributed by atoms with Crippen molar-refractivity contribution in [2.75, 3.05) is 0 Å². The van der Waals surface area contributed by atoms with Crippen LogP contribution < -0.4 is 0 Å². The van der Waals surface area contributed by atoms with Crippen molar-refractivity contribution in [3.63, 3.8) is 0 Å². The van der Waals surface area contributed by atoms with Gasteiger partial charge in [-0.2, -0.15) is 0 Å². The van der Waals surface area contributed by atoms with E-state index in [4.69, 9.17) is 0 Å². The van der Waals surface area contributed by atoms with Crippen molar-refractivity contribution in [3.8, 4) is 0 Å². The molecule has 0 spiro atoms. The van der Waals surface area contributed by atoms with Crippen molar-refractivity contribution in [2.45, 2.75) is 20.8 Å². The molecule has 0 aromatic rings. The Morgan fingerprint density at radius 1 is 1.22 bits per heavy atom. The van der Waals surface area contributed by atoms with Gasteiger partial charge in [-0.3, -0.25) is 0 Å². The molecule has 0 aliphatic rings. The summed E-state index contributed by atoms with van der Waals surface area (Å²) >= 11 is 0. The van der Waals surface area contributed by atoms with Crippen molar-refractivity contribution in [3.05, 3.63) is 37.0 Å². The fraction of sp³-hybridized carbons (Fsp3) is 0.333. The minimum absolute atomic E-state index is 1.02. The molecule has 9 heavy (non-hydrogen) atoms. The molecule has 0 N–H and O–H groups in total. The number of rotatable bonds is 1. The van der Waals surface area contributed by atoms with E-state index < -0.39 is 0 Å². The third kappa shape index (κ3) is 39.9. The number of hydrogen-bond donors (Lipinski definition) is 0. The molecule has 0 aliphatic carbocycles. The third-order valence-corrected chi connectivity index (χ3v) is 0.682. The van der Waals surface area contributed by atoms with Gasteiger partial charge in [-0.1, -0.05) is 37.0 Å². The topological polar surface area (TPSA) is 0 Å². The Bertz CT molecular complexity index is 92.6. The molecule has 0 aromatic heterocycles. The van der Waals surface area contributed by atoms with Crippen LogP contribution in [0.4, 0.5) is 0 Å². The molecule has 0 saturated heterocycles. The Kier molecular flexibility index (Phi) is 12.6. The summed E-state index contributed by atoms with van der Waals surface area (Å²) in [5.74, 6) is 0. The first-order valence-electron chi connectivity index (χ1n) is 3.04. The molecule has 0 bridgehead atoms. The SMILES string of the molecule is C=CC(=C)C.CC=CC. The van der Waals surface area contributed by atoms with Gasteiger partial charge in [0, 0.05) is 0 Å². The van der Waals surface area contributed by atoms with Gasteiger partial charge < -0.3 is 0 Å². The minimum atomic E-state index is 1.02. The standard InChI is InChI=1S/C5H8.C4H8/c1-4-5(2)3;1-3-4-2/h4H,1-2H2,3H3;3-4H,1-2H3. The minimum Gasteiger partial charge on any atom is -0.0988 e. The number of hydrogen-bond acceptors (Lipinski definition) is 0. The molecule has 0 aliphatic heterocycles. The van der Waals surface area contributed by atoms with Crippen LogP contribution in [0.25, 0.3) is 0 Å². The van der Waals surface area contributed by atoms with Gasteiger partial charge in [0.05, 0.1) is 0 Å². The molecule has 0 aromatic carbocycles. The van der Waals surface area contributed by atoms with Crippen LogP contribution in [0.15, 0.2) is 37.0 Å². The monoisotopic (exact) mass is 124 g/mol. The second-order valence-corrected chi connectivity index (χ2v) is 1.72. The highest BCUT2D eigenvalue weighted by Crippen LogP contribution is 1.81. The van der Waals surface area contributed by atoms with Crippen LogP contribution in [0.2, 0.25) is 0 Å². The van der Waals surface area contributed by atoms with Crippen LogP contribution >= 0.6 is 0 Å². The largest absolute Gasteiger partial charge is 0.0988 e. The summed E-state index contributed by atoms with van der Waals surface area (Å²) in [6.07, 6.45) is 5.72. The molecule has 0 radical (unpaired) electrons. The Hall–Kier alpha value is -0.780. The van der Waals surface area contributed by atoms with Gasteiger partial charge in [0.2, 0.25) is 0 Å². The maximum Gasteiger partial charge on any atom is -0.0404 e. The second-order valence-electron chi connectivity index (χ2n) is 1.72. The van der Waals surface area contributed by atoms with Gasteiger partial charge in [-0.15, -0.1) is 0 Å². The van der Waals surface area contributed by atoms with Crippen LogP contribution in [0.5, 0.6) is 0 Å². The number of allylic oxidation sites excluding steroid dienone is 4. The highest BCUT2D eigenvalue weighted by atomic mass is 13.7. The zero-order valence-corrected chi connectivity index (χ0v) is 6.65. The van der Waals surface area contributed by atoms with Crippen LogP contribution in [0.3, 0.4) is 0 Å². The zero-order chi connectivity index (χ0) is 7.70. The second kappa shape index (κ2) is 10.3. The van der Waals surface area contributed by atoms with Crippen LogP contribution in [0, 0.1) is 0 Å². The van der Waals surface area contributed by atoms with E-state index >= 15 is 0 Å². The average molecular weight is 124 g/mol. The molecular weight excluding hydrogens is 108 g/mol. The van der Waals surface area contributed by atoms with E-state index in [0.29, 0.717) is 0 Å². The molecule has 0 unspecified atom stereocenters. The Morgan fingerprint density at radius 2 is 1.44 bits per heavy atom. The highest BCUT2D eigenvalue weighted by Gasteiger charge is 1.59. The lowest BCUT2D eigenvalue weighted by atomic mass is 10.4. The summed E-state index contributed by atoms with van der Waals surface area (Å²) in [6, 6.07) is 0. The maximum absolute atomic E-state index is 3.56. The Morgan fingerprint density at radius 3 is 1.44 bits per heavy atom. The molecule has 0 heteroatoms. The molecule has 0 saturated carbocycles. The fourth-order valence-electron chi connectivity index (χ4n) is 0. The normalized spacial score (nSPS) is 7.89. The summed E-state index contributed by atoms with van der Waals surface area (Å²) in [6.45, 7) is 12.9. The maximum atomic E-state index is 3.56. The van der Waals surface area contributed by atoms with E-state index in [9.17, 15) is 0 Å². The van der Waals surface area contributed by atoms with Gasteiger partial charge in [0.1, 0.15) is 0 Å². The summed E-state index contributed by atoms with van der Waals surface area (Å²) in [5.41, 5.74) is 1.02. The summed E-state index contributed by atoms with van der Waals surface area (Å²) < 4.78 is 0. The summed E-state index contributed by atoms with van der Waals surface area (Å²) in [5, 5.41) is 0. The molecule has 52 valence electrons. The fourth-order valence-corrected chi connectivity index (χ4v) is 0. The highest BCUT2D eigenvalue weighted by molar-refractivity contribution is 5.05. The van der Waals surface area contributed by atoms with E-state index in [-0.39, 0.29) is 0 Å². The van der Waals surface area contributed by atoms with Crippen molar-refractivity contribution in [1.29, 1.82) is 0 Å². The predicted octanol–water partition coefficient (Wildman–Crippen LogP) is 3.33. The first kappa shape index (κ1) is 11.1. The summed E-state index contributed by atoms with van der Waals surface area (Å²) in [4.78, 5) is 0. The predicted molar refractivity (Wildman–Crippen MR) is 45.5 cm³/mol. The van der Waals surface area contributed by atoms with E-state index in [1.807, 2.05) is 32.9 Å². The first-order chi connectivity index (χ1) is 4.18. The van der Waals surface area contributed by atoms with Crippen molar-refractivity contribution in [1.82, 2.24) is 0 Å². The quantitative estimate of drug-likeness (QED) is 0.371. The van der Waals surface area contributed by atoms with Crippen molar-refractivity contribution >= 4 is 0 Å². The molecule has 0 rings (SSSR count). The van der Waals surface area contributed by atoms with E-state index in [1.54, 1.807) is 6.08 Å². The lowest BCUT2D eigenvalue weighted by molar-refractivity contribution is 1.58. The van der Waals surface area contributed by atoms with Crippen molar-refractivity contribution < 1.29 is 0 Å². The van der Waals surface area contributed by atoms with Gasteiger partial charge in [-0.05, 0) is 20.8 Å². The smallest absolute Gasteiger partial charge is 0.0404 e. The van der Waals surface area contributed by atoms with Gasteiger partial charge >= 0.3 is 0 Å². The first-order valence-corrected chi connectivity index (χ1v) is 3.04. The average Bonchev–Trinajstić information content (AvgIpc) is 1.89. The van der Waals surface area contributed by atoms with E-state index in [0.717, 1.165) is 5.57 Å². The zero-order valence-electron chi connectivity index (χ0n) is 6.65. The molecule has 0 heterocycles. The Balaban J connectivity index is 0. The van der Waals surface area contributed by atoms with Crippen LogP contribution in [0.1, 0.15) is 20.8 Å². The molecule has 0 fully saturated rings. The van der Waals surface area contributed by atoms with Crippen LogP contribution in [-0.2, 0) is 0 Å². The molecule has 0 amide bonds. The van der Waals surface area contributed by atoms with Crippen molar-refractivity contribution in [2.24, 2.45) is 0 Å². The lowest BCUT2D eigenvalue weighted by Gasteiger charge is -1.71. The third-order valence-electron chi connectivity index (χ3n) is 0.682. The molecule has 0 atom stereocenters. The van der Waals surface area contributed by atoms with E-state index in [2.05, 4.69) is 13.2 Å². The lowest BCUT2D eigenvalue weighted by Crippen LogP contribution is -1.50. The van der Waals surface area contributed by atoms with Crippen LogP contribution in [-0.4, -0.2) is 0 Å². The Labute approximate surface area is 58.6 Å². The molecular formula is C9H16. The summed E-state index contributed by atoms with van der Waals surface area (Å²) in [7, 11) is 0. The van der Waals surface area contributed by atoms with Gasteiger partial charge in [-0.25, -0.2) is 0 Å². The van der Waals surface area contributed by atoms with E-state index in [1.165, 1.54) is 0 Å². The van der Waals surface area contributed by atoms with Gasteiger partial charge in [0.15, 0.2) is 0 Å². The molecule has 0 nitrogen and oxygen atoms in total.